The van der Waals surface area contributed by atoms with Crippen LogP contribution in [0.5, 0.6) is 0 Å². The molecular formula is C20H22ClN5O. The molecule has 0 saturated carbocycles. The molecular weight excluding hydrogens is 362 g/mol. The van der Waals surface area contributed by atoms with Gasteiger partial charge in [-0.25, -0.2) is 10.1 Å². The van der Waals surface area contributed by atoms with E-state index in [4.69, 9.17) is 11.6 Å². The van der Waals surface area contributed by atoms with Gasteiger partial charge in [0.1, 0.15) is 5.82 Å². The lowest BCUT2D eigenvalue weighted by Gasteiger charge is -2.14. The van der Waals surface area contributed by atoms with Crippen LogP contribution in [0.2, 0.25) is 5.02 Å². The van der Waals surface area contributed by atoms with E-state index in [1.165, 1.54) is 0 Å². The summed E-state index contributed by atoms with van der Waals surface area (Å²) < 4.78 is 4.11. The van der Waals surface area contributed by atoms with Crippen LogP contribution < -0.4 is 5.43 Å². The van der Waals surface area contributed by atoms with Crippen LogP contribution >= 0.6 is 11.6 Å². The zero-order chi connectivity index (χ0) is 19.6. The maximum atomic E-state index is 12.2. The Hall–Kier alpha value is -2.86. The summed E-state index contributed by atoms with van der Waals surface area (Å²) in [6.07, 6.45) is 3.45. The van der Waals surface area contributed by atoms with E-state index in [9.17, 15) is 4.79 Å². The number of hydrogen-bond acceptors (Lipinski definition) is 3. The summed E-state index contributed by atoms with van der Waals surface area (Å²) in [6, 6.07) is 11.0. The van der Waals surface area contributed by atoms with Crippen LogP contribution in [0.15, 0.2) is 47.7 Å². The minimum Gasteiger partial charge on any atom is -0.303 e. The predicted molar refractivity (Wildman–Crippen MR) is 108 cm³/mol. The Bertz CT molecular complexity index is 1000. The number of amides is 1. The van der Waals surface area contributed by atoms with Gasteiger partial charge in [-0.15, -0.1) is 0 Å². The second-order valence-electron chi connectivity index (χ2n) is 6.60. The van der Waals surface area contributed by atoms with Crippen molar-refractivity contribution in [3.8, 4) is 5.82 Å². The van der Waals surface area contributed by atoms with E-state index in [0.717, 1.165) is 22.8 Å². The van der Waals surface area contributed by atoms with Gasteiger partial charge >= 0.3 is 0 Å². The largest absolute Gasteiger partial charge is 0.303 e. The van der Waals surface area contributed by atoms with Gasteiger partial charge in [-0.2, -0.15) is 10.2 Å². The third-order valence-electron chi connectivity index (χ3n) is 4.29. The Kier molecular flexibility index (Phi) is 5.46. The van der Waals surface area contributed by atoms with Gasteiger partial charge in [0.25, 0.3) is 5.91 Å². The molecule has 0 bridgehead atoms. The first-order valence-electron chi connectivity index (χ1n) is 8.70. The lowest BCUT2D eigenvalue weighted by Crippen LogP contribution is -2.17. The van der Waals surface area contributed by atoms with E-state index in [1.807, 2.05) is 30.7 Å². The molecule has 0 atom stereocenters. The molecule has 1 N–H and O–H groups in total. The quantitative estimate of drug-likeness (QED) is 0.527. The molecule has 0 fully saturated rings. The van der Waals surface area contributed by atoms with Gasteiger partial charge in [0.2, 0.25) is 0 Å². The molecule has 27 heavy (non-hydrogen) atoms. The maximum Gasteiger partial charge on any atom is 0.271 e. The normalized spacial score (nSPS) is 11.5. The van der Waals surface area contributed by atoms with Crippen LogP contribution in [-0.2, 0) is 0 Å². The minimum atomic E-state index is -0.305. The maximum absolute atomic E-state index is 12.2. The number of aromatic nitrogens is 3. The van der Waals surface area contributed by atoms with Crippen LogP contribution in [0.25, 0.3) is 5.82 Å². The predicted octanol–water partition coefficient (Wildman–Crippen LogP) is 4.29. The molecule has 0 spiro atoms. The fourth-order valence-corrected chi connectivity index (χ4v) is 3.20. The van der Waals surface area contributed by atoms with Gasteiger partial charge in [0.05, 0.1) is 12.4 Å². The van der Waals surface area contributed by atoms with E-state index in [1.54, 1.807) is 36.7 Å². The van der Waals surface area contributed by atoms with E-state index >= 15 is 0 Å². The molecule has 0 aliphatic rings. The first-order chi connectivity index (χ1) is 12.9. The Balaban J connectivity index is 1.81. The summed E-state index contributed by atoms with van der Waals surface area (Å²) in [5, 5.41) is 9.01. The summed E-state index contributed by atoms with van der Waals surface area (Å²) in [4.78, 5) is 12.2. The summed E-state index contributed by atoms with van der Waals surface area (Å²) >= 11 is 5.92. The number of halogens is 1. The van der Waals surface area contributed by atoms with Crippen molar-refractivity contribution >= 4 is 23.7 Å². The molecule has 2 heterocycles. The Morgan fingerprint density at radius 2 is 2.04 bits per heavy atom. The molecule has 3 aromatic rings. The van der Waals surface area contributed by atoms with Gasteiger partial charge in [0, 0.05) is 39.6 Å². The van der Waals surface area contributed by atoms with Crippen molar-refractivity contribution in [3.05, 3.63) is 70.1 Å². The smallest absolute Gasteiger partial charge is 0.271 e. The number of carbonyl (C=O) groups excluding carboxylic acids is 1. The molecule has 0 aliphatic carbocycles. The lowest BCUT2D eigenvalue weighted by atomic mass is 10.2. The Morgan fingerprint density at radius 1 is 1.26 bits per heavy atom. The van der Waals surface area contributed by atoms with Gasteiger partial charge < -0.3 is 4.57 Å². The molecule has 1 amide bonds. The molecule has 3 rings (SSSR count). The molecule has 0 unspecified atom stereocenters. The summed E-state index contributed by atoms with van der Waals surface area (Å²) in [5.74, 6) is 0.697. The molecule has 6 nitrogen and oxygen atoms in total. The van der Waals surface area contributed by atoms with Gasteiger partial charge in [0.15, 0.2) is 0 Å². The van der Waals surface area contributed by atoms with Crippen LogP contribution in [0.3, 0.4) is 0 Å². The molecule has 0 aliphatic heterocycles. The zero-order valence-corrected chi connectivity index (χ0v) is 16.5. The van der Waals surface area contributed by atoms with Crippen LogP contribution in [-0.4, -0.2) is 26.5 Å². The van der Waals surface area contributed by atoms with E-state index in [0.29, 0.717) is 10.6 Å². The Labute approximate surface area is 163 Å². The monoisotopic (exact) mass is 383 g/mol. The molecule has 2 aromatic heterocycles. The summed E-state index contributed by atoms with van der Waals surface area (Å²) in [7, 11) is 0. The van der Waals surface area contributed by atoms with Crippen molar-refractivity contribution in [1.82, 2.24) is 19.8 Å². The van der Waals surface area contributed by atoms with Crippen molar-refractivity contribution in [1.29, 1.82) is 0 Å². The van der Waals surface area contributed by atoms with Crippen LogP contribution in [0.1, 0.15) is 47.2 Å². The Morgan fingerprint density at radius 3 is 2.74 bits per heavy atom. The second kappa shape index (κ2) is 7.80. The minimum absolute atomic E-state index is 0.255. The van der Waals surface area contributed by atoms with Crippen LogP contribution in [0, 0.1) is 13.8 Å². The summed E-state index contributed by atoms with van der Waals surface area (Å²) in [6.45, 7) is 8.24. The van der Waals surface area contributed by atoms with Gasteiger partial charge in [-0.3, -0.25) is 4.79 Å². The zero-order valence-electron chi connectivity index (χ0n) is 15.8. The SMILES string of the molecule is Cc1cc(/C=N\NC(=O)c2cccc(Cl)c2)c(C)n1-c1ccnn1C(C)C. The van der Waals surface area contributed by atoms with Crippen molar-refractivity contribution < 1.29 is 4.79 Å². The van der Waals surface area contributed by atoms with E-state index < -0.39 is 0 Å². The first-order valence-corrected chi connectivity index (χ1v) is 9.08. The third kappa shape index (κ3) is 3.95. The van der Waals surface area contributed by atoms with E-state index in [2.05, 4.69) is 34.0 Å². The van der Waals surface area contributed by atoms with E-state index in [-0.39, 0.29) is 11.9 Å². The number of aryl methyl sites for hydroxylation is 1. The van der Waals surface area contributed by atoms with Gasteiger partial charge in [-0.1, -0.05) is 17.7 Å². The molecule has 140 valence electrons. The number of benzene rings is 1. The van der Waals surface area contributed by atoms with Crippen molar-refractivity contribution in [2.75, 3.05) is 0 Å². The number of hydrazone groups is 1. The highest BCUT2D eigenvalue weighted by Crippen LogP contribution is 2.21. The molecule has 0 radical (unpaired) electrons. The fraction of sp³-hybridized carbons (Fsp3) is 0.250. The van der Waals surface area contributed by atoms with Crippen LogP contribution in [0.4, 0.5) is 0 Å². The standard InChI is InChI=1S/C20H22ClN5O/c1-13(2)26-19(8-9-23-26)25-14(3)10-17(15(25)4)12-22-24-20(27)16-6-5-7-18(21)11-16/h5-13H,1-4H3,(H,24,27)/b22-12-. The number of nitrogens with zero attached hydrogens (tertiary/aromatic N) is 4. The number of nitrogens with one attached hydrogen (secondary N) is 1. The average Bonchev–Trinajstić information content (AvgIpc) is 3.19. The fourth-order valence-electron chi connectivity index (χ4n) is 3.01. The molecule has 7 heteroatoms. The molecule has 0 saturated heterocycles. The number of hydrogen-bond donors (Lipinski definition) is 1. The van der Waals surface area contributed by atoms with Crippen molar-refractivity contribution in [2.24, 2.45) is 5.10 Å². The average molecular weight is 384 g/mol. The highest BCUT2D eigenvalue weighted by atomic mass is 35.5. The highest BCUT2D eigenvalue weighted by molar-refractivity contribution is 6.30. The van der Waals surface area contributed by atoms with Crippen molar-refractivity contribution in [3.63, 3.8) is 0 Å². The second-order valence-corrected chi connectivity index (χ2v) is 7.04. The van der Waals surface area contributed by atoms with Crippen molar-refractivity contribution in [2.45, 2.75) is 33.7 Å². The number of carbonyl (C=O) groups is 1. The third-order valence-corrected chi connectivity index (χ3v) is 4.53. The highest BCUT2D eigenvalue weighted by Gasteiger charge is 2.14. The molecule has 1 aromatic carbocycles. The first kappa shape index (κ1) is 18.9. The number of rotatable bonds is 5. The topological polar surface area (TPSA) is 64.2 Å². The lowest BCUT2D eigenvalue weighted by molar-refractivity contribution is 0.0955. The van der Waals surface area contributed by atoms with Gasteiger partial charge in [-0.05, 0) is 52.0 Å². The summed E-state index contributed by atoms with van der Waals surface area (Å²) in [5.41, 5.74) is 6.02.